The zero-order valence-corrected chi connectivity index (χ0v) is 13.8. The van der Waals surface area contributed by atoms with Crippen molar-refractivity contribution >= 4 is 0 Å². The van der Waals surface area contributed by atoms with Crippen LogP contribution in [0.4, 0.5) is 0 Å². The van der Waals surface area contributed by atoms with Gasteiger partial charge in [-0.25, -0.2) is 0 Å². The van der Waals surface area contributed by atoms with Crippen LogP contribution in [0.3, 0.4) is 0 Å². The summed E-state index contributed by atoms with van der Waals surface area (Å²) in [4.78, 5) is 2.77. The molecule has 5 unspecified atom stereocenters. The number of hydrogen-bond acceptors (Lipinski definition) is 2. The highest BCUT2D eigenvalue weighted by molar-refractivity contribution is 5.21. The topological polar surface area (TPSA) is 15.3 Å². The van der Waals surface area contributed by atoms with Crippen LogP contribution in [-0.4, -0.2) is 37.1 Å². The lowest BCUT2D eigenvalue weighted by atomic mass is 9.76. The molecule has 0 bridgehead atoms. The SMILES string of the molecule is CNC1CC(C)CC(C)C1N1CCC(c2ccccc2)C1. The molecule has 3 rings (SSSR count). The normalized spacial score (nSPS) is 37.8. The van der Waals surface area contributed by atoms with E-state index in [2.05, 4.69) is 61.4 Å². The van der Waals surface area contributed by atoms with Crippen molar-refractivity contribution in [2.75, 3.05) is 20.1 Å². The summed E-state index contributed by atoms with van der Waals surface area (Å²) in [6.07, 6.45) is 4.03. The molecule has 1 heterocycles. The van der Waals surface area contributed by atoms with Crippen LogP contribution in [0.2, 0.25) is 0 Å². The molecule has 116 valence electrons. The standard InChI is InChI=1S/C19H30N2/c1-14-11-15(2)19(18(12-14)20-3)21-10-9-17(13-21)16-7-5-4-6-8-16/h4-8,14-15,17-20H,9-13H2,1-3H3. The molecule has 0 amide bonds. The predicted molar refractivity (Wildman–Crippen MR) is 89.6 cm³/mol. The predicted octanol–water partition coefficient (Wildman–Crippen LogP) is 3.50. The second kappa shape index (κ2) is 6.50. The maximum Gasteiger partial charge on any atom is 0.0275 e. The van der Waals surface area contributed by atoms with E-state index in [1.54, 1.807) is 0 Å². The summed E-state index contributed by atoms with van der Waals surface area (Å²) in [6.45, 7) is 7.38. The summed E-state index contributed by atoms with van der Waals surface area (Å²) < 4.78 is 0. The Balaban J connectivity index is 1.70. The van der Waals surface area contributed by atoms with Crippen LogP contribution in [-0.2, 0) is 0 Å². The van der Waals surface area contributed by atoms with Crippen molar-refractivity contribution in [3.8, 4) is 0 Å². The Labute approximate surface area is 129 Å². The van der Waals surface area contributed by atoms with Crippen molar-refractivity contribution in [3.63, 3.8) is 0 Å². The lowest BCUT2D eigenvalue weighted by Gasteiger charge is -2.44. The Morgan fingerprint density at radius 3 is 2.57 bits per heavy atom. The largest absolute Gasteiger partial charge is 0.315 e. The van der Waals surface area contributed by atoms with E-state index in [1.165, 1.54) is 37.9 Å². The van der Waals surface area contributed by atoms with Crippen LogP contribution in [0.1, 0.15) is 44.6 Å². The molecule has 1 aliphatic heterocycles. The van der Waals surface area contributed by atoms with Gasteiger partial charge in [0.15, 0.2) is 0 Å². The van der Waals surface area contributed by atoms with E-state index >= 15 is 0 Å². The smallest absolute Gasteiger partial charge is 0.0275 e. The van der Waals surface area contributed by atoms with Gasteiger partial charge < -0.3 is 5.32 Å². The van der Waals surface area contributed by atoms with Gasteiger partial charge in [0.2, 0.25) is 0 Å². The Kier molecular flexibility index (Phi) is 4.66. The Bertz CT molecular complexity index is 444. The fourth-order valence-corrected chi connectivity index (χ4v) is 4.80. The van der Waals surface area contributed by atoms with Gasteiger partial charge in [-0.2, -0.15) is 0 Å². The van der Waals surface area contributed by atoms with Crippen molar-refractivity contribution in [3.05, 3.63) is 35.9 Å². The molecule has 0 aromatic heterocycles. The molecule has 1 aromatic carbocycles. The molecule has 1 N–H and O–H groups in total. The molecule has 21 heavy (non-hydrogen) atoms. The van der Waals surface area contributed by atoms with Gasteiger partial charge in [-0.3, -0.25) is 4.90 Å². The molecule has 2 aliphatic rings. The highest BCUT2D eigenvalue weighted by atomic mass is 15.2. The third kappa shape index (κ3) is 3.17. The fraction of sp³-hybridized carbons (Fsp3) is 0.684. The van der Waals surface area contributed by atoms with Gasteiger partial charge in [-0.1, -0.05) is 44.2 Å². The van der Waals surface area contributed by atoms with Crippen molar-refractivity contribution in [2.45, 2.75) is 51.1 Å². The average molecular weight is 286 g/mol. The van der Waals surface area contributed by atoms with Crippen LogP contribution < -0.4 is 5.32 Å². The molecule has 0 spiro atoms. The van der Waals surface area contributed by atoms with Gasteiger partial charge in [-0.05, 0) is 56.2 Å². The van der Waals surface area contributed by atoms with Gasteiger partial charge in [0.1, 0.15) is 0 Å². The Morgan fingerprint density at radius 2 is 1.86 bits per heavy atom. The summed E-state index contributed by atoms with van der Waals surface area (Å²) in [7, 11) is 2.15. The van der Waals surface area contributed by atoms with E-state index in [1.807, 2.05) is 0 Å². The lowest BCUT2D eigenvalue weighted by molar-refractivity contribution is 0.0813. The van der Waals surface area contributed by atoms with E-state index in [0.29, 0.717) is 6.04 Å². The first-order valence-electron chi connectivity index (χ1n) is 8.65. The first-order chi connectivity index (χ1) is 10.2. The summed E-state index contributed by atoms with van der Waals surface area (Å²) in [5, 5.41) is 3.60. The lowest BCUT2D eigenvalue weighted by Crippen LogP contribution is -2.55. The summed E-state index contributed by atoms with van der Waals surface area (Å²) >= 11 is 0. The first-order valence-corrected chi connectivity index (χ1v) is 8.65. The second-order valence-electron chi connectivity index (χ2n) is 7.33. The van der Waals surface area contributed by atoms with Gasteiger partial charge in [0.25, 0.3) is 0 Å². The average Bonchev–Trinajstić information content (AvgIpc) is 2.96. The van der Waals surface area contributed by atoms with E-state index < -0.39 is 0 Å². The monoisotopic (exact) mass is 286 g/mol. The molecule has 1 saturated carbocycles. The zero-order chi connectivity index (χ0) is 14.8. The summed E-state index contributed by atoms with van der Waals surface area (Å²) in [5.41, 5.74) is 1.53. The van der Waals surface area contributed by atoms with E-state index in [9.17, 15) is 0 Å². The Hall–Kier alpha value is -0.860. The van der Waals surface area contributed by atoms with Crippen molar-refractivity contribution in [1.82, 2.24) is 10.2 Å². The number of benzene rings is 1. The molecule has 0 radical (unpaired) electrons. The van der Waals surface area contributed by atoms with Gasteiger partial charge in [0, 0.05) is 18.6 Å². The number of rotatable bonds is 3. The fourth-order valence-electron chi connectivity index (χ4n) is 4.80. The zero-order valence-electron chi connectivity index (χ0n) is 13.8. The maximum absolute atomic E-state index is 3.60. The van der Waals surface area contributed by atoms with Crippen LogP contribution in [0.5, 0.6) is 0 Å². The van der Waals surface area contributed by atoms with Crippen molar-refractivity contribution in [1.29, 1.82) is 0 Å². The number of likely N-dealkylation sites (N-methyl/N-ethyl adjacent to an activating group) is 1. The number of nitrogens with zero attached hydrogens (tertiary/aromatic N) is 1. The van der Waals surface area contributed by atoms with Crippen LogP contribution in [0, 0.1) is 11.8 Å². The number of likely N-dealkylation sites (tertiary alicyclic amines) is 1. The highest BCUT2D eigenvalue weighted by Gasteiger charge is 2.39. The minimum absolute atomic E-state index is 0.665. The quantitative estimate of drug-likeness (QED) is 0.915. The first kappa shape index (κ1) is 15.1. The molecule has 2 nitrogen and oxygen atoms in total. The Morgan fingerprint density at radius 1 is 1.10 bits per heavy atom. The van der Waals surface area contributed by atoms with E-state index in [0.717, 1.165) is 23.8 Å². The van der Waals surface area contributed by atoms with Gasteiger partial charge in [-0.15, -0.1) is 0 Å². The molecule has 5 atom stereocenters. The molecule has 2 heteroatoms. The van der Waals surface area contributed by atoms with Crippen molar-refractivity contribution < 1.29 is 0 Å². The molecule has 1 saturated heterocycles. The number of nitrogens with one attached hydrogen (secondary N) is 1. The highest BCUT2D eigenvalue weighted by Crippen LogP contribution is 2.36. The minimum Gasteiger partial charge on any atom is -0.315 e. The molecular weight excluding hydrogens is 256 g/mol. The second-order valence-corrected chi connectivity index (χ2v) is 7.33. The van der Waals surface area contributed by atoms with E-state index in [-0.39, 0.29) is 0 Å². The molecule has 1 aromatic rings. The van der Waals surface area contributed by atoms with Crippen LogP contribution >= 0.6 is 0 Å². The van der Waals surface area contributed by atoms with Crippen molar-refractivity contribution in [2.24, 2.45) is 11.8 Å². The van der Waals surface area contributed by atoms with Crippen LogP contribution in [0.25, 0.3) is 0 Å². The van der Waals surface area contributed by atoms with E-state index in [4.69, 9.17) is 0 Å². The molecule has 1 aliphatic carbocycles. The van der Waals surface area contributed by atoms with Gasteiger partial charge in [0.05, 0.1) is 0 Å². The molecule has 2 fully saturated rings. The summed E-state index contributed by atoms with van der Waals surface area (Å²) in [6, 6.07) is 12.5. The number of hydrogen-bond donors (Lipinski definition) is 1. The maximum atomic E-state index is 3.60. The summed E-state index contributed by atoms with van der Waals surface area (Å²) in [5.74, 6) is 2.40. The third-order valence-electron chi connectivity index (χ3n) is 5.71. The minimum atomic E-state index is 0.665. The third-order valence-corrected chi connectivity index (χ3v) is 5.71. The van der Waals surface area contributed by atoms with Crippen LogP contribution in [0.15, 0.2) is 30.3 Å². The molecular formula is C19H30N2. The van der Waals surface area contributed by atoms with Gasteiger partial charge >= 0.3 is 0 Å².